The summed E-state index contributed by atoms with van der Waals surface area (Å²) in [6, 6.07) is 0.128. The monoisotopic (exact) mass is 308 g/mol. The van der Waals surface area contributed by atoms with Gasteiger partial charge in [-0.2, -0.15) is 0 Å². The summed E-state index contributed by atoms with van der Waals surface area (Å²) in [7, 11) is 0. The summed E-state index contributed by atoms with van der Waals surface area (Å²) < 4.78 is 0. The molecule has 0 aliphatic heterocycles. The number of rotatable bonds is 4. The highest BCUT2D eigenvalue weighted by Crippen LogP contribution is 2.48. The molecule has 1 aromatic heterocycles. The van der Waals surface area contributed by atoms with E-state index in [-0.39, 0.29) is 17.4 Å². The summed E-state index contributed by atoms with van der Waals surface area (Å²) in [5, 5.41) is 16.1. The second-order valence-electron chi connectivity index (χ2n) is 7.48. The largest absolute Gasteiger partial charge is 0.481 e. The highest BCUT2D eigenvalue weighted by molar-refractivity contribution is 7.09. The lowest BCUT2D eigenvalue weighted by Gasteiger charge is -2.28. The Bertz CT molecular complexity index is 535. The third-order valence-corrected chi connectivity index (χ3v) is 5.86. The summed E-state index contributed by atoms with van der Waals surface area (Å²) in [5.74, 6) is 0.0876. The standard InChI is InChI=1S/C16H24N2O2S/c1-16(2,3)11-8-21-12(18-11)7-17-14-10-5-4-9(6-10)13(14)15(19)20/h8-10,13-14,17H,4-7H2,1-3H3,(H,19,20). The van der Waals surface area contributed by atoms with E-state index in [9.17, 15) is 9.90 Å². The average molecular weight is 308 g/mol. The van der Waals surface area contributed by atoms with Gasteiger partial charge in [-0.25, -0.2) is 4.98 Å². The van der Waals surface area contributed by atoms with Gasteiger partial charge < -0.3 is 10.4 Å². The van der Waals surface area contributed by atoms with Crippen molar-refractivity contribution in [2.75, 3.05) is 0 Å². The average Bonchev–Trinajstić information content (AvgIpc) is 3.09. The molecule has 5 heteroatoms. The lowest BCUT2D eigenvalue weighted by atomic mass is 9.84. The topological polar surface area (TPSA) is 62.2 Å². The van der Waals surface area contributed by atoms with Gasteiger partial charge in [0.15, 0.2) is 0 Å². The van der Waals surface area contributed by atoms with Crippen molar-refractivity contribution in [1.29, 1.82) is 0 Å². The van der Waals surface area contributed by atoms with Crippen LogP contribution in [-0.4, -0.2) is 22.1 Å². The number of aliphatic carboxylic acids is 1. The first kappa shape index (κ1) is 15.0. The number of carboxylic acid groups (broad SMARTS) is 1. The van der Waals surface area contributed by atoms with E-state index in [2.05, 4.69) is 36.5 Å². The minimum atomic E-state index is -0.630. The van der Waals surface area contributed by atoms with Crippen molar-refractivity contribution in [2.45, 2.75) is 58.0 Å². The highest BCUT2D eigenvalue weighted by Gasteiger charge is 2.50. The Labute approximate surface area is 130 Å². The fourth-order valence-electron chi connectivity index (χ4n) is 3.88. The molecule has 116 valence electrons. The first-order chi connectivity index (χ1) is 9.86. The van der Waals surface area contributed by atoms with E-state index >= 15 is 0 Å². The van der Waals surface area contributed by atoms with Gasteiger partial charge in [0.05, 0.1) is 11.6 Å². The van der Waals surface area contributed by atoms with Crippen molar-refractivity contribution in [2.24, 2.45) is 17.8 Å². The Morgan fingerprint density at radius 3 is 2.76 bits per heavy atom. The Morgan fingerprint density at radius 1 is 1.43 bits per heavy atom. The Balaban J connectivity index is 1.65. The molecule has 0 aromatic carbocycles. The minimum absolute atomic E-state index is 0.0742. The summed E-state index contributed by atoms with van der Waals surface area (Å²) in [6.45, 7) is 7.18. The molecule has 1 heterocycles. The van der Waals surface area contributed by atoms with Crippen LogP contribution in [-0.2, 0) is 16.8 Å². The Kier molecular flexibility index (Phi) is 3.82. The van der Waals surface area contributed by atoms with Crippen LogP contribution >= 0.6 is 11.3 Å². The smallest absolute Gasteiger partial charge is 0.308 e. The molecule has 2 fully saturated rings. The van der Waals surface area contributed by atoms with Crippen LogP contribution in [0, 0.1) is 17.8 Å². The maximum Gasteiger partial charge on any atom is 0.308 e. The number of nitrogens with zero attached hydrogens (tertiary/aromatic N) is 1. The van der Waals surface area contributed by atoms with Gasteiger partial charge in [0.2, 0.25) is 0 Å². The van der Waals surface area contributed by atoms with E-state index < -0.39 is 5.97 Å². The van der Waals surface area contributed by atoms with Crippen LogP contribution in [0.2, 0.25) is 0 Å². The van der Waals surface area contributed by atoms with Crippen LogP contribution in [0.1, 0.15) is 50.7 Å². The molecular weight excluding hydrogens is 284 g/mol. The van der Waals surface area contributed by atoms with Crippen LogP contribution in [0.15, 0.2) is 5.38 Å². The SMILES string of the molecule is CC(C)(C)c1csc(CNC2C3CCC(C3)C2C(=O)O)n1. The molecule has 4 unspecified atom stereocenters. The van der Waals surface area contributed by atoms with Crippen LogP contribution in [0.25, 0.3) is 0 Å². The lowest BCUT2D eigenvalue weighted by Crippen LogP contribution is -2.43. The fourth-order valence-corrected chi connectivity index (χ4v) is 4.85. The van der Waals surface area contributed by atoms with Crippen LogP contribution < -0.4 is 5.32 Å². The van der Waals surface area contributed by atoms with E-state index in [4.69, 9.17) is 0 Å². The number of carboxylic acids is 1. The molecule has 2 aliphatic rings. The molecule has 4 nitrogen and oxygen atoms in total. The van der Waals surface area contributed by atoms with Crippen LogP contribution in [0.5, 0.6) is 0 Å². The van der Waals surface area contributed by atoms with Gasteiger partial charge in [-0.3, -0.25) is 4.79 Å². The maximum absolute atomic E-state index is 11.5. The van der Waals surface area contributed by atoms with E-state index in [1.165, 1.54) is 6.42 Å². The van der Waals surface area contributed by atoms with Gasteiger partial charge in [0.1, 0.15) is 5.01 Å². The number of carbonyl (C=O) groups is 1. The maximum atomic E-state index is 11.5. The zero-order chi connectivity index (χ0) is 15.2. The normalized spacial score (nSPS) is 31.8. The molecule has 1 aromatic rings. The van der Waals surface area contributed by atoms with Gasteiger partial charge >= 0.3 is 5.97 Å². The number of nitrogens with one attached hydrogen (secondary N) is 1. The third kappa shape index (κ3) is 2.86. The number of thiazole rings is 1. The number of aromatic nitrogens is 1. The summed E-state index contributed by atoms with van der Waals surface area (Å²) in [5.41, 5.74) is 1.19. The van der Waals surface area contributed by atoms with Crippen molar-refractivity contribution in [3.63, 3.8) is 0 Å². The first-order valence-electron chi connectivity index (χ1n) is 7.77. The van der Waals surface area contributed by atoms with Gasteiger partial charge in [-0.15, -0.1) is 11.3 Å². The number of hydrogen-bond donors (Lipinski definition) is 2. The molecule has 21 heavy (non-hydrogen) atoms. The van der Waals surface area contributed by atoms with Gasteiger partial charge in [-0.1, -0.05) is 20.8 Å². The Hall–Kier alpha value is -0.940. The molecule has 0 spiro atoms. The predicted molar refractivity (Wildman–Crippen MR) is 83.4 cm³/mol. The second kappa shape index (κ2) is 5.36. The molecule has 2 N–H and O–H groups in total. The number of fused-ring (bicyclic) bond motifs is 2. The molecule has 2 bridgehead atoms. The van der Waals surface area contributed by atoms with Crippen molar-refractivity contribution < 1.29 is 9.90 Å². The van der Waals surface area contributed by atoms with Gasteiger partial charge in [-0.05, 0) is 31.1 Å². The summed E-state index contributed by atoms with van der Waals surface area (Å²) >= 11 is 1.67. The number of hydrogen-bond acceptors (Lipinski definition) is 4. The molecule has 2 aliphatic carbocycles. The second-order valence-corrected chi connectivity index (χ2v) is 8.42. The summed E-state index contributed by atoms with van der Waals surface area (Å²) in [6.07, 6.45) is 3.35. The molecule has 0 saturated heterocycles. The van der Waals surface area contributed by atoms with Crippen LogP contribution in [0.4, 0.5) is 0 Å². The highest BCUT2D eigenvalue weighted by atomic mass is 32.1. The summed E-state index contributed by atoms with van der Waals surface area (Å²) in [4.78, 5) is 16.2. The zero-order valence-electron chi connectivity index (χ0n) is 12.9. The van der Waals surface area contributed by atoms with Crippen molar-refractivity contribution >= 4 is 17.3 Å². The molecule has 3 rings (SSSR count). The van der Waals surface area contributed by atoms with Crippen molar-refractivity contribution in [3.05, 3.63) is 16.1 Å². The molecule has 0 amide bonds. The van der Waals surface area contributed by atoms with Crippen molar-refractivity contribution in [3.8, 4) is 0 Å². The Morgan fingerprint density at radius 2 is 2.14 bits per heavy atom. The van der Waals surface area contributed by atoms with E-state index in [1.54, 1.807) is 11.3 Å². The predicted octanol–water partition coefficient (Wildman–Crippen LogP) is 3.03. The van der Waals surface area contributed by atoms with E-state index in [0.717, 1.165) is 23.5 Å². The third-order valence-electron chi connectivity index (χ3n) is 5.01. The fraction of sp³-hybridized carbons (Fsp3) is 0.750. The minimum Gasteiger partial charge on any atom is -0.481 e. The zero-order valence-corrected chi connectivity index (χ0v) is 13.7. The molecule has 4 atom stereocenters. The molecule has 2 saturated carbocycles. The van der Waals surface area contributed by atoms with Crippen LogP contribution in [0.3, 0.4) is 0 Å². The molecule has 0 radical (unpaired) electrons. The van der Waals surface area contributed by atoms with Gasteiger partial charge in [0.25, 0.3) is 0 Å². The quantitative estimate of drug-likeness (QED) is 0.897. The van der Waals surface area contributed by atoms with Crippen molar-refractivity contribution in [1.82, 2.24) is 10.3 Å². The van der Waals surface area contributed by atoms with Gasteiger partial charge in [0, 0.05) is 23.4 Å². The first-order valence-corrected chi connectivity index (χ1v) is 8.65. The molecular formula is C16H24N2O2S. The van der Waals surface area contributed by atoms with E-state index in [1.807, 2.05) is 0 Å². The van der Waals surface area contributed by atoms with E-state index in [0.29, 0.717) is 18.4 Å². The lowest BCUT2D eigenvalue weighted by molar-refractivity contribution is -0.144.